The molecule has 0 aliphatic carbocycles. The number of amides is 2. The number of halogens is 1. The number of ether oxygens (including phenoxy) is 1. The summed E-state index contributed by atoms with van der Waals surface area (Å²) < 4.78 is 5.43. The molecule has 3 rings (SSSR count). The zero-order chi connectivity index (χ0) is 19.2. The molecule has 0 spiro atoms. The maximum atomic E-state index is 12.6. The molecule has 2 aromatic rings. The van der Waals surface area contributed by atoms with E-state index in [1.54, 1.807) is 25.1 Å². The first kappa shape index (κ1) is 19.3. The quantitative estimate of drug-likeness (QED) is 0.786. The Balaban J connectivity index is 1.76. The lowest BCUT2D eigenvalue weighted by molar-refractivity contribution is -0.112. The fourth-order valence-electron chi connectivity index (χ4n) is 2.60. The van der Waals surface area contributed by atoms with Crippen molar-refractivity contribution in [3.8, 4) is 0 Å². The molecule has 0 aromatic heterocycles. The number of hydrogen-bond acceptors (Lipinski definition) is 4. The minimum absolute atomic E-state index is 0.288. The van der Waals surface area contributed by atoms with Gasteiger partial charge in [-0.05, 0) is 30.7 Å². The second-order valence-electron chi connectivity index (χ2n) is 5.89. The zero-order valence-electron chi connectivity index (χ0n) is 14.8. The number of thioether (sulfide) groups is 1. The third-order valence-electron chi connectivity index (χ3n) is 3.94. The second-order valence-corrected chi connectivity index (χ2v) is 7.44. The minimum atomic E-state index is -0.309. The highest BCUT2D eigenvalue weighted by Crippen LogP contribution is 2.28. The number of anilines is 1. The summed E-state index contributed by atoms with van der Waals surface area (Å²) in [6.45, 7) is 2.73. The van der Waals surface area contributed by atoms with Crippen LogP contribution < -0.4 is 10.6 Å². The van der Waals surface area contributed by atoms with Crippen LogP contribution in [0.4, 0.5) is 5.69 Å². The normalized spacial score (nSPS) is 13.7. The van der Waals surface area contributed by atoms with E-state index in [0.717, 1.165) is 5.56 Å². The molecule has 0 saturated carbocycles. The van der Waals surface area contributed by atoms with Gasteiger partial charge in [-0.3, -0.25) is 9.59 Å². The molecule has 2 aromatic carbocycles. The van der Waals surface area contributed by atoms with Crippen molar-refractivity contribution in [1.82, 2.24) is 5.32 Å². The van der Waals surface area contributed by atoms with Gasteiger partial charge < -0.3 is 15.4 Å². The average Bonchev–Trinajstić information content (AvgIpc) is 2.67. The third-order valence-corrected chi connectivity index (χ3v) is 5.31. The van der Waals surface area contributed by atoms with E-state index in [0.29, 0.717) is 45.8 Å². The second kappa shape index (κ2) is 8.97. The molecule has 1 aliphatic heterocycles. The van der Waals surface area contributed by atoms with Crippen LogP contribution in [0.2, 0.25) is 5.02 Å². The summed E-state index contributed by atoms with van der Waals surface area (Å²) in [5, 5.41) is 6.08. The molecule has 0 bridgehead atoms. The lowest BCUT2D eigenvalue weighted by atomic mass is 10.1. The summed E-state index contributed by atoms with van der Waals surface area (Å²) in [5.41, 5.74) is 1.70. The van der Waals surface area contributed by atoms with Crippen LogP contribution in [0.25, 0.3) is 0 Å². The summed E-state index contributed by atoms with van der Waals surface area (Å²) in [6.07, 6.45) is 0. The first-order valence-electron chi connectivity index (χ1n) is 8.44. The first-order chi connectivity index (χ1) is 13.0. The third kappa shape index (κ3) is 5.05. The van der Waals surface area contributed by atoms with Gasteiger partial charge in [-0.25, -0.2) is 0 Å². The Labute approximate surface area is 167 Å². The number of carbonyl (C=O) groups excluding carboxylic acids is 2. The van der Waals surface area contributed by atoms with E-state index in [2.05, 4.69) is 10.6 Å². The summed E-state index contributed by atoms with van der Waals surface area (Å²) in [6, 6.07) is 14.4. The monoisotopic (exact) mass is 402 g/mol. The van der Waals surface area contributed by atoms with Crippen molar-refractivity contribution in [1.29, 1.82) is 0 Å². The van der Waals surface area contributed by atoms with E-state index in [9.17, 15) is 9.59 Å². The van der Waals surface area contributed by atoms with Gasteiger partial charge in [-0.2, -0.15) is 0 Å². The van der Waals surface area contributed by atoms with Crippen molar-refractivity contribution in [2.45, 2.75) is 13.5 Å². The summed E-state index contributed by atoms with van der Waals surface area (Å²) in [5.74, 6) is 0.696. The number of hydrogen-bond donors (Lipinski definition) is 2. The van der Waals surface area contributed by atoms with E-state index in [4.69, 9.17) is 16.3 Å². The van der Waals surface area contributed by atoms with Crippen molar-refractivity contribution >= 4 is 40.9 Å². The Morgan fingerprint density at radius 1 is 1.15 bits per heavy atom. The maximum absolute atomic E-state index is 12.6. The SMILES string of the molecule is CC1=C(C(=O)Nc2cc(Cl)ccc2C(=O)NCc2ccccc2)SCCO1. The molecule has 0 fully saturated rings. The van der Waals surface area contributed by atoms with Gasteiger partial charge in [0, 0.05) is 17.3 Å². The number of benzene rings is 2. The molecular weight excluding hydrogens is 384 g/mol. The summed E-state index contributed by atoms with van der Waals surface area (Å²) in [7, 11) is 0. The number of allylic oxidation sites excluding steroid dienone is 1. The predicted molar refractivity (Wildman–Crippen MR) is 109 cm³/mol. The van der Waals surface area contributed by atoms with Gasteiger partial charge in [-0.15, -0.1) is 11.8 Å². The van der Waals surface area contributed by atoms with E-state index < -0.39 is 0 Å². The molecular formula is C20H19ClN2O3S. The fourth-order valence-corrected chi connectivity index (χ4v) is 3.59. The Kier molecular flexibility index (Phi) is 6.42. The van der Waals surface area contributed by atoms with Gasteiger partial charge in [0.1, 0.15) is 10.7 Å². The summed E-state index contributed by atoms with van der Waals surface area (Å²) >= 11 is 7.50. The topological polar surface area (TPSA) is 67.4 Å². The Hall–Kier alpha value is -2.44. The van der Waals surface area contributed by atoms with Crippen LogP contribution in [0, 0.1) is 0 Å². The lowest BCUT2D eigenvalue weighted by Crippen LogP contribution is -2.25. The van der Waals surface area contributed by atoms with Crippen molar-refractivity contribution in [3.05, 3.63) is 75.3 Å². The molecule has 0 unspecified atom stereocenters. The number of carbonyl (C=O) groups is 2. The molecule has 1 heterocycles. The highest BCUT2D eigenvalue weighted by atomic mass is 35.5. The smallest absolute Gasteiger partial charge is 0.265 e. The van der Waals surface area contributed by atoms with Crippen LogP contribution in [-0.2, 0) is 16.1 Å². The van der Waals surface area contributed by atoms with Crippen LogP contribution in [0.1, 0.15) is 22.8 Å². The van der Waals surface area contributed by atoms with Crippen LogP contribution in [0.15, 0.2) is 59.2 Å². The van der Waals surface area contributed by atoms with Crippen LogP contribution in [-0.4, -0.2) is 24.2 Å². The molecule has 5 nitrogen and oxygen atoms in total. The molecule has 1 aliphatic rings. The lowest BCUT2D eigenvalue weighted by Gasteiger charge is -2.18. The zero-order valence-corrected chi connectivity index (χ0v) is 16.3. The molecule has 7 heteroatoms. The van der Waals surface area contributed by atoms with Crippen molar-refractivity contribution < 1.29 is 14.3 Å². The fraction of sp³-hybridized carbons (Fsp3) is 0.200. The van der Waals surface area contributed by atoms with Crippen molar-refractivity contribution in [2.75, 3.05) is 17.7 Å². The molecule has 2 N–H and O–H groups in total. The average molecular weight is 403 g/mol. The Bertz CT molecular complexity index is 884. The van der Waals surface area contributed by atoms with E-state index in [-0.39, 0.29) is 11.8 Å². The van der Waals surface area contributed by atoms with Gasteiger partial charge in [0.25, 0.3) is 11.8 Å². The Morgan fingerprint density at radius 3 is 2.67 bits per heavy atom. The molecule has 0 atom stereocenters. The largest absolute Gasteiger partial charge is 0.496 e. The first-order valence-corrected chi connectivity index (χ1v) is 9.80. The van der Waals surface area contributed by atoms with Crippen molar-refractivity contribution in [3.63, 3.8) is 0 Å². The van der Waals surface area contributed by atoms with E-state index in [1.165, 1.54) is 11.8 Å². The number of rotatable bonds is 5. The van der Waals surface area contributed by atoms with Gasteiger partial charge in [0.05, 0.1) is 17.9 Å². The van der Waals surface area contributed by atoms with E-state index >= 15 is 0 Å². The van der Waals surface area contributed by atoms with Gasteiger partial charge in [0.15, 0.2) is 0 Å². The summed E-state index contributed by atoms with van der Waals surface area (Å²) in [4.78, 5) is 25.7. The van der Waals surface area contributed by atoms with Crippen LogP contribution in [0.3, 0.4) is 0 Å². The highest BCUT2D eigenvalue weighted by Gasteiger charge is 2.21. The Morgan fingerprint density at radius 2 is 1.93 bits per heavy atom. The van der Waals surface area contributed by atoms with Gasteiger partial charge in [-0.1, -0.05) is 41.9 Å². The molecule has 0 radical (unpaired) electrons. The maximum Gasteiger partial charge on any atom is 0.265 e. The number of nitrogens with one attached hydrogen (secondary N) is 2. The minimum Gasteiger partial charge on any atom is -0.496 e. The standard InChI is InChI=1S/C20H19ClN2O3S/c1-13-18(27-10-9-26-13)20(25)23-17-11-15(21)7-8-16(17)19(24)22-12-14-5-3-2-4-6-14/h2-8,11H,9-10,12H2,1H3,(H,22,24)(H,23,25). The van der Waals surface area contributed by atoms with E-state index in [1.807, 2.05) is 30.3 Å². The predicted octanol–water partition coefficient (Wildman–Crippen LogP) is 4.20. The van der Waals surface area contributed by atoms with Crippen LogP contribution >= 0.6 is 23.4 Å². The molecule has 0 saturated heterocycles. The van der Waals surface area contributed by atoms with Gasteiger partial charge in [0.2, 0.25) is 0 Å². The highest BCUT2D eigenvalue weighted by molar-refractivity contribution is 8.04. The molecule has 27 heavy (non-hydrogen) atoms. The molecule has 140 valence electrons. The van der Waals surface area contributed by atoms with Crippen molar-refractivity contribution in [2.24, 2.45) is 0 Å². The van der Waals surface area contributed by atoms with Gasteiger partial charge >= 0.3 is 0 Å². The van der Waals surface area contributed by atoms with Crippen LogP contribution in [0.5, 0.6) is 0 Å². The molecule has 2 amide bonds.